The highest BCUT2D eigenvalue weighted by Crippen LogP contribution is 2.23. The minimum Gasteiger partial charge on any atom is -0.732 e. The molecule has 2 heterocycles. The van der Waals surface area contributed by atoms with Crippen LogP contribution in [0.1, 0.15) is 19.8 Å². The molecule has 1 saturated heterocycles. The number of likely N-dealkylation sites (tertiary alicyclic amines) is 1. The number of hydrogen-bond donors (Lipinski definition) is 0. The minimum atomic E-state index is 0.575. The van der Waals surface area contributed by atoms with Crippen LogP contribution in [0, 0.1) is 5.21 Å². The van der Waals surface area contributed by atoms with E-state index in [9.17, 15) is 5.21 Å². The Hall–Kier alpha value is -0.780. The lowest BCUT2D eigenvalue weighted by atomic mass is 10.3. The minimum absolute atomic E-state index is 0.575. The van der Waals surface area contributed by atoms with Crippen molar-refractivity contribution in [1.29, 1.82) is 0 Å². The number of hydrogen-bond acceptors (Lipinski definition) is 5. The van der Waals surface area contributed by atoms with E-state index >= 15 is 0 Å². The van der Waals surface area contributed by atoms with E-state index in [1.54, 1.807) is 19.0 Å². The Morgan fingerprint density at radius 1 is 1.36 bits per heavy atom. The van der Waals surface area contributed by atoms with Gasteiger partial charge in [-0.3, -0.25) is 10.1 Å². The summed E-state index contributed by atoms with van der Waals surface area (Å²) in [6.45, 7) is 4.87. The van der Waals surface area contributed by atoms with E-state index in [0.717, 1.165) is 25.3 Å². The van der Waals surface area contributed by atoms with Crippen molar-refractivity contribution in [2.75, 3.05) is 26.7 Å². The lowest BCUT2D eigenvalue weighted by Crippen LogP contribution is -2.27. The SMILES string of the molecule is CC1=C(CN2CCCC2)N(C)ON1[O-]. The molecule has 0 aromatic rings. The second-order valence-electron chi connectivity index (χ2n) is 3.85. The number of likely N-dealkylation sites (N-methyl/N-ethyl adjacent to an activating group) is 1. The summed E-state index contributed by atoms with van der Waals surface area (Å²) in [5.41, 5.74) is 1.64. The number of rotatable bonds is 2. The maximum atomic E-state index is 11.1. The lowest BCUT2D eigenvalue weighted by molar-refractivity contribution is -0.232. The molecule has 0 aromatic heterocycles. The van der Waals surface area contributed by atoms with Gasteiger partial charge in [-0.2, -0.15) is 4.94 Å². The molecule has 5 nitrogen and oxygen atoms in total. The molecule has 1 fully saturated rings. The molecular formula is C9H16N3O2-. The van der Waals surface area contributed by atoms with Crippen molar-refractivity contribution in [2.45, 2.75) is 19.8 Å². The summed E-state index contributed by atoms with van der Waals surface area (Å²) >= 11 is 0. The molecule has 0 aliphatic carbocycles. The zero-order valence-corrected chi connectivity index (χ0v) is 8.69. The summed E-state index contributed by atoms with van der Waals surface area (Å²) in [4.78, 5) is 7.25. The summed E-state index contributed by atoms with van der Waals surface area (Å²) in [7, 11) is 1.77. The average Bonchev–Trinajstić information content (AvgIpc) is 2.71. The van der Waals surface area contributed by atoms with E-state index < -0.39 is 0 Å². The predicted molar refractivity (Wildman–Crippen MR) is 52.4 cm³/mol. The number of hydroxylamine groups is 4. The van der Waals surface area contributed by atoms with Crippen LogP contribution in [-0.4, -0.2) is 41.9 Å². The van der Waals surface area contributed by atoms with Gasteiger partial charge in [-0.05, 0) is 32.9 Å². The Labute approximate surface area is 84.0 Å². The summed E-state index contributed by atoms with van der Waals surface area (Å²) in [5, 5.41) is 13.3. The Balaban J connectivity index is 2.01. The van der Waals surface area contributed by atoms with Gasteiger partial charge in [0.2, 0.25) is 0 Å². The van der Waals surface area contributed by atoms with Crippen LogP contribution in [0.3, 0.4) is 0 Å². The number of allylic oxidation sites excluding steroid dienone is 1. The Morgan fingerprint density at radius 2 is 2.00 bits per heavy atom. The third-order valence-corrected chi connectivity index (χ3v) is 2.84. The summed E-state index contributed by atoms with van der Waals surface area (Å²) < 4.78 is 0. The highest BCUT2D eigenvalue weighted by Gasteiger charge is 2.23. The fourth-order valence-corrected chi connectivity index (χ4v) is 1.92. The van der Waals surface area contributed by atoms with Crippen LogP contribution in [-0.2, 0) is 4.94 Å². The van der Waals surface area contributed by atoms with Gasteiger partial charge in [-0.15, -0.1) is 0 Å². The molecule has 2 rings (SSSR count). The Bertz CT molecular complexity index is 248. The second-order valence-corrected chi connectivity index (χ2v) is 3.85. The van der Waals surface area contributed by atoms with E-state index in [4.69, 9.17) is 4.94 Å². The van der Waals surface area contributed by atoms with E-state index in [-0.39, 0.29) is 0 Å². The molecule has 0 bridgehead atoms. The zero-order chi connectivity index (χ0) is 10.1. The largest absolute Gasteiger partial charge is 0.732 e. The molecular weight excluding hydrogens is 182 g/mol. The molecule has 0 radical (unpaired) electrons. The highest BCUT2D eigenvalue weighted by molar-refractivity contribution is 5.12. The number of nitrogens with zero attached hydrogens (tertiary/aromatic N) is 3. The molecule has 2 aliphatic heterocycles. The molecule has 0 unspecified atom stereocenters. The van der Waals surface area contributed by atoms with Crippen molar-refractivity contribution in [3.05, 3.63) is 16.6 Å². The van der Waals surface area contributed by atoms with Gasteiger partial charge in [0.1, 0.15) is 0 Å². The van der Waals surface area contributed by atoms with Gasteiger partial charge in [0.05, 0.1) is 11.4 Å². The summed E-state index contributed by atoms with van der Waals surface area (Å²) in [6, 6.07) is 0. The standard InChI is InChI=1S/C9H16N3O2/c1-8-9(10(2)14-12(8)13)7-11-5-3-4-6-11/h3-7H2,1-2H3/q-1. The molecule has 0 amide bonds. The molecule has 5 heteroatoms. The summed E-state index contributed by atoms with van der Waals surface area (Å²) in [5.74, 6) is 0. The Kier molecular flexibility index (Phi) is 2.62. The van der Waals surface area contributed by atoms with Gasteiger partial charge in [0, 0.05) is 13.6 Å². The van der Waals surface area contributed by atoms with Crippen LogP contribution in [0.25, 0.3) is 0 Å². The van der Waals surface area contributed by atoms with Gasteiger partial charge >= 0.3 is 0 Å². The quantitative estimate of drug-likeness (QED) is 0.659. The second kappa shape index (κ2) is 3.76. The van der Waals surface area contributed by atoms with Gasteiger partial charge in [-0.1, -0.05) is 0 Å². The van der Waals surface area contributed by atoms with E-state index in [0.29, 0.717) is 10.9 Å². The van der Waals surface area contributed by atoms with Crippen LogP contribution in [0.2, 0.25) is 0 Å². The monoisotopic (exact) mass is 198 g/mol. The predicted octanol–water partition coefficient (Wildman–Crippen LogP) is 0.905. The lowest BCUT2D eigenvalue weighted by Gasteiger charge is -2.23. The van der Waals surface area contributed by atoms with Crippen LogP contribution in [0.15, 0.2) is 11.4 Å². The average molecular weight is 198 g/mol. The molecule has 0 saturated carbocycles. The van der Waals surface area contributed by atoms with Gasteiger partial charge in [0.15, 0.2) is 0 Å². The maximum Gasteiger partial charge on any atom is 0.0774 e. The van der Waals surface area contributed by atoms with Crippen molar-refractivity contribution < 1.29 is 4.94 Å². The molecule has 0 spiro atoms. The maximum absolute atomic E-state index is 11.1. The van der Waals surface area contributed by atoms with Gasteiger partial charge in [-0.25, -0.2) is 5.06 Å². The van der Waals surface area contributed by atoms with Crippen LogP contribution >= 0.6 is 0 Å². The fraction of sp³-hybridized carbons (Fsp3) is 0.778. The topological polar surface area (TPSA) is 42.0 Å². The third-order valence-electron chi connectivity index (χ3n) is 2.84. The fourth-order valence-electron chi connectivity index (χ4n) is 1.92. The van der Waals surface area contributed by atoms with Crippen molar-refractivity contribution in [3.63, 3.8) is 0 Å². The summed E-state index contributed by atoms with van der Waals surface area (Å²) in [6.07, 6.45) is 2.52. The van der Waals surface area contributed by atoms with E-state index in [1.807, 2.05) is 0 Å². The van der Waals surface area contributed by atoms with Crippen molar-refractivity contribution in [2.24, 2.45) is 0 Å². The van der Waals surface area contributed by atoms with Crippen molar-refractivity contribution in [1.82, 2.24) is 15.2 Å². The first-order chi connectivity index (χ1) is 6.68. The van der Waals surface area contributed by atoms with Gasteiger partial charge < -0.3 is 5.21 Å². The molecule has 0 atom stereocenters. The first kappa shape index (κ1) is 9.76. The van der Waals surface area contributed by atoms with Crippen LogP contribution < -0.4 is 0 Å². The highest BCUT2D eigenvalue weighted by atomic mass is 17.0. The van der Waals surface area contributed by atoms with Crippen LogP contribution in [0.5, 0.6) is 0 Å². The molecule has 0 N–H and O–H groups in total. The van der Waals surface area contributed by atoms with E-state index in [2.05, 4.69) is 4.90 Å². The van der Waals surface area contributed by atoms with E-state index in [1.165, 1.54) is 12.8 Å². The first-order valence-electron chi connectivity index (χ1n) is 4.99. The molecule has 2 aliphatic rings. The smallest absolute Gasteiger partial charge is 0.0774 e. The Morgan fingerprint density at radius 3 is 2.50 bits per heavy atom. The first-order valence-corrected chi connectivity index (χ1v) is 4.99. The molecule has 14 heavy (non-hydrogen) atoms. The van der Waals surface area contributed by atoms with Gasteiger partial charge in [0.25, 0.3) is 0 Å². The third kappa shape index (κ3) is 1.70. The van der Waals surface area contributed by atoms with Crippen molar-refractivity contribution >= 4 is 0 Å². The van der Waals surface area contributed by atoms with Crippen molar-refractivity contribution in [3.8, 4) is 0 Å². The zero-order valence-electron chi connectivity index (χ0n) is 8.69. The van der Waals surface area contributed by atoms with Crippen LogP contribution in [0.4, 0.5) is 0 Å². The molecule has 0 aromatic carbocycles. The molecule has 80 valence electrons. The normalized spacial score (nSPS) is 24.2.